The number of rotatable bonds is 4. The summed E-state index contributed by atoms with van der Waals surface area (Å²) in [4.78, 5) is 0. The van der Waals surface area contributed by atoms with Crippen LogP contribution in [0.4, 0.5) is 21.6 Å². The molecule has 2 heterocycles. The van der Waals surface area contributed by atoms with Gasteiger partial charge in [-0.25, -0.2) is 13.6 Å². The van der Waals surface area contributed by atoms with Crippen molar-refractivity contribution in [1.29, 1.82) is 0 Å². The normalized spacial score (nSPS) is 11.3. The van der Waals surface area contributed by atoms with E-state index in [9.17, 15) is 4.39 Å². The largest absolute Gasteiger partial charge is 0.382 e. The van der Waals surface area contributed by atoms with Crippen LogP contribution in [0.5, 0.6) is 0 Å². The van der Waals surface area contributed by atoms with Gasteiger partial charge in [0.05, 0.1) is 23.5 Å². The van der Waals surface area contributed by atoms with Crippen molar-refractivity contribution in [3.8, 4) is 0 Å². The van der Waals surface area contributed by atoms with Crippen LogP contribution in [0.2, 0.25) is 5.02 Å². The van der Waals surface area contributed by atoms with Crippen LogP contribution in [-0.2, 0) is 13.6 Å². The standard InChI is InChI=1S/C16H15ClFN6/c1-23-6-4-11(5-7-23)10-24-16(19)15(9-20-24)22-21-12-2-3-14(18)13(17)8-12/h2-9H,10,19H2,1H3/q+1. The van der Waals surface area contributed by atoms with Gasteiger partial charge in [-0.2, -0.15) is 10.2 Å². The molecule has 0 aliphatic carbocycles. The highest BCUT2D eigenvalue weighted by molar-refractivity contribution is 6.30. The average molecular weight is 346 g/mol. The second kappa shape index (κ2) is 6.76. The number of aromatic nitrogens is 3. The van der Waals surface area contributed by atoms with E-state index in [4.69, 9.17) is 17.3 Å². The molecule has 0 bridgehead atoms. The molecule has 0 aliphatic rings. The van der Waals surface area contributed by atoms with E-state index in [1.54, 1.807) is 4.68 Å². The molecule has 0 atom stereocenters. The SMILES string of the molecule is C[n+]1ccc(Cn2ncc(N=Nc3ccc(F)c(Cl)c3)c2N)cc1. The lowest BCUT2D eigenvalue weighted by Gasteiger charge is -2.03. The first-order valence-electron chi connectivity index (χ1n) is 7.15. The van der Waals surface area contributed by atoms with Gasteiger partial charge in [-0.1, -0.05) is 11.6 Å². The molecule has 0 amide bonds. The van der Waals surface area contributed by atoms with Gasteiger partial charge in [-0.3, -0.25) is 0 Å². The summed E-state index contributed by atoms with van der Waals surface area (Å²) >= 11 is 5.71. The Balaban J connectivity index is 1.78. The molecule has 0 aliphatic heterocycles. The van der Waals surface area contributed by atoms with Crippen molar-refractivity contribution in [1.82, 2.24) is 9.78 Å². The van der Waals surface area contributed by atoms with Crippen LogP contribution in [0, 0.1) is 5.82 Å². The zero-order valence-corrected chi connectivity index (χ0v) is 13.7. The third-order valence-electron chi connectivity index (χ3n) is 3.42. The number of azo groups is 1. The second-order valence-corrected chi connectivity index (χ2v) is 5.65. The molecule has 24 heavy (non-hydrogen) atoms. The predicted molar refractivity (Wildman–Crippen MR) is 88.9 cm³/mol. The Morgan fingerprint density at radius 1 is 1.25 bits per heavy atom. The molecule has 3 aromatic rings. The van der Waals surface area contributed by atoms with Gasteiger partial charge < -0.3 is 5.73 Å². The van der Waals surface area contributed by atoms with Crippen LogP contribution in [0.15, 0.2) is 59.2 Å². The lowest BCUT2D eigenvalue weighted by atomic mass is 10.3. The average Bonchev–Trinajstić information content (AvgIpc) is 2.91. The van der Waals surface area contributed by atoms with E-state index < -0.39 is 5.82 Å². The van der Waals surface area contributed by atoms with Crippen LogP contribution < -0.4 is 10.3 Å². The number of pyridine rings is 1. The summed E-state index contributed by atoms with van der Waals surface area (Å²) in [5.41, 5.74) is 8.00. The molecule has 3 rings (SSSR count). The molecule has 8 heteroatoms. The fourth-order valence-electron chi connectivity index (χ4n) is 2.06. The summed E-state index contributed by atoms with van der Waals surface area (Å²) in [5.74, 6) is -0.0978. The monoisotopic (exact) mass is 345 g/mol. The first-order chi connectivity index (χ1) is 11.5. The highest BCUT2D eigenvalue weighted by Gasteiger charge is 2.08. The predicted octanol–water partition coefficient (Wildman–Crippen LogP) is 3.55. The molecular formula is C16H15ClFN6+. The molecule has 0 saturated heterocycles. The molecule has 0 spiro atoms. The Morgan fingerprint density at radius 2 is 2.00 bits per heavy atom. The van der Waals surface area contributed by atoms with E-state index in [1.807, 2.05) is 36.1 Å². The summed E-state index contributed by atoms with van der Waals surface area (Å²) in [6, 6.07) is 8.09. The second-order valence-electron chi connectivity index (χ2n) is 5.24. The first kappa shape index (κ1) is 16.1. The van der Waals surface area contributed by atoms with Crippen LogP contribution >= 0.6 is 11.6 Å². The van der Waals surface area contributed by atoms with E-state index in [1.165, 1.54) is 24.4 Å². The number of nitrogens with two attached hydrogens (primary N) is 1. The Bertz CT molecular complexity index is 888. The highest BCUT2D eigenvalue weighted by atomic mass is 35.5. The Kier molecular flexibility index (Phi) is 4.52. The smallest absolute Gasteiger partial charge is 0.168 e. The van der Waals surface area contributed by atoms with Gasteiger partial charge in [0.2, 0.25) is 0 Å². The van der Waals surface area contributed by atoms with Crippen molar-refractivity contribution in [3.63, 3.8) is 0 Å². The summed E-state index contributed by atoms with van der Waals surface area (Å²) in [5, 5.41) is 12.3. The Morgan fingerprint density at radius 3 is 2.71 bits per heavy atom. The Labute approximate surface area is 143 Å². The van der Waals surface area contributed by atoms with E-state index in [0.717, 1.165) is 5.56 Å². The van der Waals surface area contributed by atoms with Gasteiger partial charge in [0.1, 0.15) is 24.4 Å². The number of hydrogen-bond acceptors (Lipinski definition) is 4. The molecule has 2 N–H and O–H groups in total. The van der Waals surface area contributed by atoms with Crippen LogP contribution in [0.3, 0.4) is 0 Å². The zero-order valence-electron chi connectivity index (χ0n) is 12.9. The number of nitrogens with zero attached hydrogens (tertiary/aromatic N) is 5. The minimum atomic E-state index is -0.501. The number of anilines is 1. The fourth-order valence-corrected chi connectivity index (χ4v) is 2.23. The van der Waals surface area contributed by atoms with Crippen LogP contribution in [0.25, 0.3) is 0 Å². The number of hydrogen-bond donors (Lipinski definition) is 1. The first-order valence-corrected chi connectivity index (χ1v) is 7.53. The molecule has 0 fully saturated rings. The molecule has 0 unspecified atom stereocenters. The lowest BCUT2D eigenvalue weighted by Crippen LogP contribution is -2.26. The molecule has 0 saturated carbocycles. The zero-order chi connectivity index (χ0) is 17.1. The lowest BCUT2D eigenvalue weighted by molar-refractivity contribution is -0.671. The number of halogens is 2. The van der Waals surface area contributed by atoms with Gasteiger partial charge in [-0.05, 0) is 23.8 Å². The molecular weight excluding hydrogens is 331 g/mol. The molecule has 0 radical (unpaired) electrons. The number of benzene rings is 1. The van der Waals surface area contributed by atoms with E-state index in [2.05, 4.69) is 15.3 Å². The van der Waals surface area contributed by atoms with Gasteiger partial charge >= 0.3 is 0 Å². The third-order valence-corrected chi connectivity index (χ3v) is 3.71. The molecule has 2 aromatic heterocycles. The molecule has 6 nitrogen and oxygen atoms in total. The van der Waals surface area contributed by atoms with Gasteiger partial charge in [0.25, 0.3) is 0 Å². The minimum Gasteiger partial charge on any atom is -0.382 e. The van der Waals surface area contributed by atoms with Gasteiger partial charge in [0.15, 0.2) is 12.4 Å². The summed E-state index contributed by atoms with van der Waals surface area (Å²) < 4.78 is 16.7. The molecule has 1 aromatic carbocycles. The topological polar surface area (TPSA) is 72.4 Å². The van der Waals surface area contributed by atoms with Crippen molar-refractivity contribution in [3.05, 3.63) is 65.3 Å². The number of nitrogen functional groups attached to an aromatic ring is 1. The summed E-state index contributed by atoms with van der Waals surface area (Å²) in [6.07, 6.45) is 5.44. The molecule has 122 valence electrons. The highest BCUT2D eigenvalue weighted by Crippen LogP contribution is 2.26. The van der Waals surface area contributed by atoms with Crippen molar-refractivity contribution in [2.24, 2.45) is 17.3 Å². The van der Waals surface area contributed by atoms with E-state index >= 15 is 0 Å². The van der Waals surface area contributed by atoms with Crippen molar-refractivity contribution < 1.29 is 8.96 Å². The maximum absolute atomic E-state index is 13.1. The van der Waals surface area contributed by atoms with Gasteiger partial charge in [-0.15, -0.1) is 5.11 Å². The number of aryl methyl sites for hydroxylation is 1. The summed E-state index contributed by atoms with van der Waals surface area (Å²) in [6.45, 7) is 0.532. The van der Waals surface area contributed by atoms with E-state index in [0.29, 0.717) is 23.7 Å². The maximum atomic E-state index is 13.1. The van der Waals surface area contributed by atoms with Crippen molar-refractivity contribution in [2.45, 2.75) is 6.54 Å². The minimum absolute atomic E-state index is 0.00708. The quantitative estimate of drug-likeness (QED) is 0.580. The maximum Gasteiger partial charge on any atom is 0.168 e. The van der Waals surface area contributed by atoms with Gasteiger partial charge in [0, 0.05) is 12.1 Å². The van der Waals surface area contributed by atoms with E-state index in [-0.39, 0.29) is 5.02 Å². The van der Waals surface area contributed by atoms with Crippen molar-refractivity contribution >= 4 is 28.8 Å². The summed E-state index contributed by atoms with van der Waals surface area (Å²) in [7, 11) is 1.95. The van der Waals surface area contributed by atoms with Crippen molar-refractivity contribution in [2.75, 3.05) is 5.73 Å². The van der Waals surface area contributed by atoms with Crippen LogP contribution in [0.1, 0.15) is 5.56 Å². The third kappa shape index (κ3) is 3.57. The Hall–Kier alpha value is -2.80. The fraction of sp³-hybridized carbons (Fsp3) is 0.125. The van der Waals surface area contributed by atoms with Crippen LogP contribution in [-0.4, -0.2) is 9.78 Å².